The van der Waals surface area contributed by atoms with Crippen LogP contribution in [0.1, 0.15) is 25.0 Å². The Balaban J connectivity index is 2.00. The van der Waals surface area contributed by atoms with E-state index in [1.807, 2.05) is 0 Å². The van der Waals surface area contributed by atoms with Crippen molar-refractivity contribution >= 4 is 0 Å². The molecule has 0 amide bonds. The molecule has 4 nitrogen and oxygen atoms in total. The molecule has 0 aliphatic carbocycles. The number of hydrogen-bond donors (Lipinski definition) is 2. The molecule has 1 aromatic rings. The Labute approximate surface area is 122 Å². The zero-order valence-corrected chi connectivity index (χ0v) is 12.9. The Hall–Kier alpha value is -1.10. The second-order valence-corrected chi connectivity index (χ2v) is 5.71. The van der Waals surface area contributed by atoms with Gasteiger partial charge in [0, 0.05) is 50.9 Å². The van der Waals surface area contributed by atoms with Crippen LogP contribution in [-0.4, -0.2) is 44.2 Å². The number of piperazine rings is 1. The van der Waals surface area contributed by atoms with E-state index in [2.05, 4.69) is 47.6 Å². The van der Waals surface area contributed by atoms with Crippen molar-refractivity contribution in [1.29, 1.82) is 0 Å². The van der Waals surface area contributed by atoms with Crippen LogP contribution in [0.4, 0.5) is 0 Å². The molecular formula is C16H27N3O. The van der Waals surface area contributed by atoms with Gasteiger partial charge in [-0.15, -0.1) is 0 Å². The maximum absolute atomic E-state index is 5.54. The van der Waals surface area contributed by atoms with E-state index in [0.717, 1.165) is 45.0 Å². The van der Waals surface area contributed by atoms with Crippen LogP contribution < -0.4 is 15.4 Å². The second kappa shape index (κ2) is 7.62. The summed E-state index contributed by atoms with van der Waals surface area (Å²) in [6.45, 7) is 10.6. The second-order valence-electron chi connectivity index (χ2n) is 5.71. The molecule has 2 N–H and O–H groups in total. The normalized spacial score (nSPS) is 16.6. The minimum atomic E-state index is 0.486. The molecule has 0 spiro atoms. The third-order valence-electron chi connectivity index (χ3n) is 3.67. The molecule has 1 aliphatic heterocycles. The maximum atomic E-state index is 5.54. The summed E-state index contributed by atoms with van der Waals surface area (Å²) >= 11 is 0. The Bertz CT molecular complexity index is 414. The van der Waals surface area contributed by atoms with E-state index >= 15 is 0 Å². The molecular weight excluding hydrogens is 250 g/mol. The minimum absolute atomic E-state index is 0.486. The fourth-order valence-corrected chi connectivity index (χ4v) is 2.47. The van der Waals surface area contributed by atoms with E-state index in [0.29, 0.717) is 6.04 Å². The van der Waals surface area contributed by atoms with Gasteiger partial charge in [-0.25, -0.2) is 0 Å². The van der Waals surface area contributed by atoms with Crippen molar-refractivity contribution in [3.8, 4) is 5.75 Å². The van der Waals surface area contributed by atoms with Crippen LogP contribution >= 0.6 is 0 Å². The van der Waals surface area contributed by atoms with Gasteiger partial charge in [-0.2, -0.15) is 0 Å². The van der Waals surface area contributed by atoms with Crippen molar-refractivity contribution in [2.75, 3.05) is 33.3 Å². The number of nitrogens with one attached hydrogen (secondary N) is 2. The highest BCUT2D eigenvalue weighted by atomic mass is 16.5. The Morgan fingerprint density at radius 3 is 2.70 bits per heavy atom. The molecule has 20 heavy (non-hydrogen) atoms. The van der Waals surface area contributed by atoms with Crippen molar-refractivity contribution < 1.29 is 4.74 Å². The standard InChI is InChI=1S/C16H27N3O/c1-13(2)18-11-15-5-4-14(10-16(15)20-3)12-19-8-6-17-7-9-19/h4-5,10,13,17-18H,6-9,11-12H2,1-3H3. The van der Waals surface area contributed by atoms with Gasteiger partial charge in [0.1, 0.15) is 5.75 Å². The predicted molar refractivity (Wildman–Crippen MR) is 83.1 cm³/mol. The van der Waals surface area contributed by atoms with Crippen molar-refractivity contribution in [1.82, 2.24) is 15.5 Å². The van der Waals surface area contributed by atoms with Crippen LogP contribution in [0.15, 0.2) is 18.2 Å². The number of benzene rings is 1. The van der Waals surface area contributed by atoms with E-state index in [-0.39, 0.29) is 0 Å². The van der Waals surface area contributed by atoms with Gasteiger partial charge in [-0.05, 0) is 11.6 Å². The lowest BCUT2D eigenvalue weighted by molar-refractivity contribution is 0.233. The van der Waals surface area contributed by atoms with Crippen molar-refractivity contribution in [2.24, 2.45) is 0 Å². The van der Waals surface area contributed by atoms with Gasteiger partial charge >= 0.3 is 0 Å². The summed E-state index contributed by atoms with van der Waals surface area (Å²) in [5.74, 6) is 0.991. The average Bonchev–Trinajstić information content (AvgIpc) is 2.46. The zero-order valence-electron chi connectivity index (χ0n) is 12.9. The SMILES string of the molecule is COc1cc(CN2CCNCC2)ccc1CNC(C)C. The van der Waals surface area contributed by atoms with Gasteiger partial charge in [-0.1, -0.05) is 26.0 Å². The van der Waals surface area contributed by atoms with Crippen LogP contribution in [-0.2, 0) is 13.1 Å². The number of rotatable bonds is 6. The summed E-state index contributed by atoms with van der Waals surface area (Å²) in [7, 11) is 1.75. The molecule has 1 heterocycles. The van der Waals surface area contributed by atoms with Gasteiger partial charge in [0.05, 0.1) is 7.11 Å². The van der Waals surface area contributed by atoms with Gasteiger partial charge in [0.15, 0.2) is 0 Å². The highest BCUT2D eigenvalue weighted by molar-refractivity contribution is 5.37. The lowest BCUT2D eigenvalue weighted by atomic mass is 10.1. The molecule has 4 heteroatoms. The van der Waals surface area contributed by atoms with Gasteiger partial charge in [0.25, 0.3) is 0 Å². The number of methoxy groups -OCH3 is 1. The summed E-state index contributed by atoms with van der Waals surface area (Å²) in [5, 5.41) is 6.82. The van der Waals surface area contributed by atoms with E-state index in [9.17, 15) is 0 Å². The molecule has 2 rings (SSSR count). The monoisotopic (exact) mass is 277 g/mol. The fraction of sp³-hybridized carbons (Fsp3) is 0.625. The summed E-state index contributed by atoms with van der Waals surface area (Å²) in [4.78, 5) is 2.48. The van der Waals surface area contributed by atoms with Crippen LogP contribution in [0.5, 0.6) is 5.75 Å². The molecule has 1 saturated heterocycles. The quantitative estimate of drug-likeness (QED) is 0.828. The van der Waals surface area contributed by atoms with Gasteiger partial charge in [-0.3, -0.25) is 4.90 Å². The molecule has 0 radical (unpaired) electrons. The van der Waals surface area contributed by atoms with Crippen LogP contribution in [0, 0.1) is 0 Å². The van der Waals surface area contributed by atoms with Crippen molar-refractivity contribution in [3.63, 3.8) is 0 Å². The highest BCUT2D eigenvalue weighted by Crippen LogP contribution is 2.21. The Morgan fingerprint density at radius 1 is 1.30 bits per heavy atom. The molecule has 0 aromatic heterocycles. The minimum Gasteiger partial charge on any atom is -0.496 e. The largest absolute Gasteiger partial charge is 0.496 e. The Kier molecular flexibility index (Phi) is 5.83. The summed E-state index contributed by atoms with van der Waals surface area (Å²) < 4.78 is 5.54. The molecule has 0 bridgehead atoms. The fourth-order valence-electron chi connectivity index (χ4n) is 2.47. The number of ether oxygens (including phenoxy) is 1. The smallest absolute Gasteiger partial charge is 0.123 e. The van der Waals surface area contributed by atoms with Crippen LogP contribution in [0.3, 0.4) is 0 Å². The Morgan fingerprint density at radius 2 is 2.05 bits per heavy atom. The first-order valence-electron chi connectivity index (χ1n) is 7.51. The van der Waals surface area contributed by atoms with E-state index in [4.69, 9.17) is 4.74 Å². The number of hydrogen-bond acceptors (Lipinski definition) is 4. The number of nitrogens with zero attached hydrogens (tertiary/aromatic N) is 1. The van der Waals surface area contributed by atoms with Gasteiger partial charge in [0.2, 0.25) is 0 Å². The van der Waals surface area contributed by atoms with Crippen LogP contribution in [0.25, 0.3) is 0 Å². The highest BCUT2D eigenvalue weighted by Gasteiger charge is 2.11. The maximum Gasteiger partial charge on any atom is 0.123 e. The predicted octanol–water partition coefficient (Wildman–Crippen LogP) is 1.60. The van der Waals surface area contributed by atoms with Gasteiger partial charge < -0.3 is 15.4 Å². The lowest BCUT2D eigenvalue weighted by Crippen LogP contribution is -2.42. The van der Waals surface area contributed by atoms with E-state index in [1.165, 1.54) is 11.1 Å². The summed E-state index contributed by atoms with van der Waals surface area (Å²) in [5.41, 5.74) is 2.56. The molecule has 1 fully saturated rings. The first kappa shape index (κ1) is 15.3. The lowest BCUT2D eigenvalue weighted by Gasteiger charge is -2.27. The zero-order chi connectivity index (χ0) is 14.4. The molecule has 0 saturated carbocycles. The molecule has 1 aliphatic rings. The first-order valence-corrected chi connectivity index (χ1v) is 7.51. The van der Waals surface area contributed by atoms with Crippen molar-refractivity contribution in [3.05, 3.63) is 29.3 Å². The topological polar surface area (TPSA) is 36.5 Å². The third kappa shape index (κ3) is 4.47. The third-order valence-corrected chi connectivity index (χ3v) is 3.67. The average molecular weight is 277 g/mol. The molecule has 0 unspecified atom stereocenters. The summed E-state index contributed by atoms with van der Waals surface area (Å²) in [6.07, 6.45) is 0. The molecule has 112 valence electrons. The summed E-state index contributed by atoms with van der Waals surface area (Å²) in [6, 6.07) is 7.08. The van der Waals surface area contributed by atoms with E-state index in [1.54, 1.807) is 7.11 Å². The molecule has 1 aromatic carbocycles. The van der Waals surface area contributed by atoms with Crippen molar-refractivity contribution in [2.45, 2.75) is 33.0 Å². The molecule has 0 atom stereocenters. The van der Waals surface area contributed by atoms with Crippen LogP contribution in [0.2, 0.25) is 0 Å². The van der Waals surface area contributed by atoms with E-state index < -0.39 is 0 Å². The first-order chi connectivity index (χ1) is 9.69.